The van der Waals surface area contributed by atoms with Crippen molar-refractivity contribution in [3.8, 4) is 0 Å². The maximum Gasteiger partial charge on any atom is 0.469 e. The Morgan fingerprint density at radius 2 is 0.605 bits per heavy atom. The number of aryl methyl sites for hydroxylation is 1. The van der Waals surface area contributed by atoms with Gasteiger partial charge in [0.1, 0.15) is 12.4 Å². The summed E-state index contributed by atoms with van der Waals surface area (Å²) in [6, 6.07) is -6.97. The molecule has 0 bridgehead atoms. The molecule has 0 saturated heterocycles. The first-order chi connectivity index (χ1) is 18.2. The lowest BCUT2D eigenvalue weighted by Crippen LogP contribution is -2.78. The Labute approximate surface area is 217 Å². The Hall–Kier alpha value is -2.54. The van der Waals surface area contributed by atoms with Crippen molar-refractivity contribution in [1.29, 1.82) is 0 Å². The molecular weight excluding hydrogens is 695 g/mol. The van der Waals surface area contributed by atoms with E-state index in [9.17, 15) is 110 Å². The van der Waals surface area contributed by atoms with Gasteiger partial charge in [0.25, 0.3) is 0 Å². The third kappa shape index (κ3) is 4.46. The molecule has 27 heteroatoms. The van der Waals surface area contributed by atoms with Crippen LogP contribution in [0.4, 0.5) is 110 Å². The van der Waals surface area contributed by atoms with Gasteiger partial charge in [-0.05, 0) is 0 Å². The second-order valence-corrected chi connectivity index (χ2v) is 8.27. The van der Waals surface area contributed by atoms with Crippen LogP contribution in [0.3, 0.4) is 0 Å². The molecule has 0 spiro atoms. The topological polar surface area (TPSA) is 8.81 Å². The van der Waals surface area contributed by atoms with E-state index in [-0.39, 0.29) is 10.8 Å². The summed E-state index contributed by atoms with van der Waals surface area (Å²) < 4.78 is 334. The van der Waals surface area contributed by atoms with Crippen molar-refractivity contribution in [1.82, 2.24) is 4.57 Å². The first-order valence-electron chi connectivity index (χ1n) is 9.51. The molecule has 0 aliphatic rings. The Balaban J connectivity index is 3.90. The minimum Gasteiger partial charge on any atom is -0.239 e. The Morgan fingerprint density at radius 1 is 0.372 bits per heavy atom. The lowest BCUT2D eigenvalue weighted by molar-refractivity contribution is -0.672. The van der Waals surface area contributed by atoms with E-state index in [0.717, 1.165) is 0 Å². The zero-order valence-corrected chi connectivity index (χ0v) is 19.1. The standard InChI is InChI=1S/C16H6F25N2/c1-42-2-3-43(4-42)16(40,41)14(35,36)12(31,32)10(27,28)8(23,24)6(19,20)5(17,18)7(21,22)9(25,26)11(29,30)13(33,34)15(37,38)39/h2-4H,1H3/q+1. The van der Waals surface area contributed by atoms with Gasteiger partial charge in [-0.1, -0.05) is 0 Å². The van der Waals surface area contributed by atoms with Crippen LogP contribution in [0.5, 0.6) is 0 Å². The van der Waals surface area contributed by atoms with E-state index >= 15 is 0 Å². The summed E-state index contributed by atoms with van der Waals surface area (Å²) in [5.41, 5.74) is 0. The van der Waals surface area contributed by atoms with Gasteiger partial charge in [0, 0.05) is 0 Å². The van der Waals surface area contributed by atoms with Gasteiger partial charge in [0.2, 0.25) is 6.33 Å². The number of halogens is 25. The van der Waals surface area contributed by atoms with E-state index in [1.807, 2.05) is 0 Å². The van der Waals surface area contributed by atoms with E-state index in [1.165, 1.54) is 0 Å². The highest BCUT2D eigenvalue weighted by Crippen LogP contribution is 2.68. The lowest BCUT2D eigenvalue weighted by Gasteiger charge is -2.45. The van der Waals surface area contributed by atoms with Crippen LogP contribution in [0.2, 0.25) is 0 Å². The van der Waals surface area contributed by atoms with Crippen molar-refractivity contribution < 1.29 is 114 Å². The Bertz CT molecular complexity index is 1170. The fourth-order valence-electron chi connectivity index (χ4n) is 2.72. The van der Waals surface area contributed by atoms with Crippen LogP contribution in [-0.4, -0.2) is 70.0 Å². The summed E-state index contributed by atoms with van der Waals surface area (Å²) in [7, 11) is 0.609. The van der Waals surface area contributed by atoms with Gasteiger partial charge in [-0.2, -0.15) is 114 Å². The van der Waals surface area contributed by atoms with Gasteiger partial charge in [0.15, 0.2) is 0 Å². The van der Waals surface area contributed by atoms with Crippen LogP contribution >= 0.6 is 0 Å². The van der Waals surface area contributed by atoms with E-state index in [2.05, 4.69) is 0 Å². The van der Waals surface area contributed by atoms with Gasteiger partial charge >= 0.3 is 71.4 Å². The van der Waals surface area contributed by atoms with Gasteiger partial charge in [-0.15, -0.1) is 0 Å². The van der Waals surface area contributed by atoms with Crippen LogP contribution in [-0.2, 0) is 13.1 Å². The molecule has 0 aromatic carbocycles. The average Bonchev–Trinajstić information content (AvgIpc) is 3.23. The van der Waals surface area contributed by atoms with Gasteiger partial charge in [-0.25, -0.2) is 4.57 Å². The molecule has 0 aliphatic heterocycles. The van der Waals surface area contributed by atoms with Crippen LogP contribution in [0.1, 0.15) is 0 Å². The molecule has 1 heterocycles. The number of rotatable bonds is 11. The van der Waals surface area contributed by atoms with E-state index in [1.54, 1.807) is 0 Å². The SMILES string of the molecule is C[n+]1ccn(C(F)(F)C(F)(F)C(F)(F)C(F)(F)C(F)(F)C(F)(F)C(F)(F)C(F)(F)C(F)(F)C(F)(F)C(F)(F)C(F)(F)F)c1. The van der Waals surface area contributed by atoms with Crippen LogP contribution in [0, 0.1) is 0 Å². The monoisotopic (exact) mass is 701 g/mol. The molecule has 0 N–H and O–H groups in total. The third-order valence-corrected chi connectivity index (χ3v) is 5.38. The maximum absolute atomic E-state index is 13.9. The average molecular weight is 701 g/mol. The highest BCUT2D eigenvalue weighted by molar-refractivity contribution is 5.19. The van der Waals surface area contributed by atoms with Crippen LogP contribution in [0.15, 0.2) is 18.7 Å². The molecule has 2 nitrogen and oxygen atoms in total. The zero-order chi connectivity index (χ0) is 35.3. The van der Waals surface area contributed by atoms with Gasteiger partial charge in [0.05, 0.1) is 7.05 Å². The molecule has 0 unspecified atom stereocenters. The fraction of sp³-hybridized carbons (Fsp3) is 0.812. The summed E-state index contributed by atoms with van der Waals surface area (Å²) in [6.07, 6.45) is -8.78. The summed E-state index contributed by atoms with van der Waals surface area (Å²) in [4.78, 5) is 0. The number of hydrogen-bond donors (Lipinski definition) is 0. The number of hydrogen-bond acceptors (Lipinski definition) is 0. The van der Waals surface area contributed by atoms with E-state index in [0.29, 0.717) is 7.05 Å². The molecule has 0 atom stereocenters. The van der Waals surface area contributed by atoms with E-state index in [4.69, 9.17) is 0 Å². The van der Waals surface area contributed by atoms with Crippen LogP contribution < -0.4 is 4.57 Å². The molecule has 0 radical (unpaired) electrons. The second kappa shape index (κ2) is 9.48. The minimum absolute atomic E-state index is 0.212. The quantitative estimate of drug-likeness (QED) is 0.165. The summed E-state index contributed by atoms with van der Waals surface area (Å²) in [5.74, 6) is -91.5. The molecule has 1 aromatic rings. The molecule has 1 aromatic heterocycles. The molecule has 254 valence electrons. The molecule has 0 saturated carbocycles. The molecule has 0 fully saturated rings. The fourth-order valence-corrected chi connectivity index (χ4v) is 2.72. The highest BCUT2D eigenvalue weighted by atomic mass is 19.4. The molecule has 0 amide bonds. The lowest BCUT2D eigenvalue weighted by atomic mass is 9.85. The number of alkyl halides is 25. The van der Waals surface area contributed by atoms with Gasteiger partial charge in [-0.3, -0.25) is 0 Å². The van der Waals surface area contributed by atoms with E-state index < -0.39 is 88.5 Å². The smallest absolute Gasteiger partial charge is 0.239 e. The number of aromatic nitrogens is 2. The van der Waals surface area contributed by atoms with Crippen molar-refractivity contribution >= 4 is 0 Å². The molecule has 1 rings (SSSR count). The largest absolute Gasteiger partial charge is 0.469 e. The normalized spacial score (nSPS) is 16.6. The molecular formula is C16H6F25N2+. The van der Waals surface area contributed by atoms with Crippen molar-refractivity contribution in [2.75, 3.05) is 0 Å². The zero-order valence-electron chi connectivity index (χ0n) is 19.1. The maximum atomic E-state index is 13.9. The predicted molar refractivity (Wildman–Crippen MR) is 81.3 cm³/mol. The predicted octanol–water partition coefficient (Wildman–Crippen LogP) is 7.78. The summed E-state index contributed by atoms with van der Waals surface area (Å²) >= 11 is 0. The first kappa shape index (κ1) is 38.5. The molecule has 43 heavy (non-hydrogen) atoms. The van der Waals surface area contributed by atoms with Crippen LogP contribution in [0.25, 0.3) is 0 Å². The third-order valence-electron chi connectivity index (χ3n) is 5.38. The Morgan fingerprint density at radius 3 is 0.814 bits per heavy atom. The summed E-state index contributed by atoms with van der Waals surface area (Å²) in [5, 5.41) is 0. The Kier molecular flexibility index (Phi) is 8.49. The van der Waals surface area contributed by atoms with Crippen molar-refractivity contribution in [2.24, 2.45) is 7.05 Å². The molecule has 0 aliphatic carbocycles. The first-order valence-corrected chi connectivity index (χ1v) is 9.51. The minimum atomic E-state index is -9.59. The van der Waals surface area contributed by atoms with Crippen molar-refractivity contribution in [2.45, 2.75) is 71.4 Å². The second-order valence-electron chi connectivity index (χ2n) is 8.27. The summed E-state index contributed by atoms with van der Waals surface area (Å²) in [6.45, 7) is 0. The highest BCUT2D eigenvalue weighted by Gasteiger charge is 3.00. The van der Waals surface area contributed by atoms with Crippen molar-refractivity contribution in [3.63, 3.8) is 0 Å². The number of nitrogens with zero attached hydrogens (tertiary/aromatic N) is 2. The number of imidazole rings is 1. The van der Waals surface area contributed by atoms with Crippen molar-refractivity contribution in [3.05, 3.63) is 18.7 Å². The van der Waals surface area contributed by atoms with Gasteiger partial charge < -0.3 is 0 Å².